The molecule has 4 aromatic rings. The number of hydrogen-bond donors (Lipinski definition) is 2. The molecule has 2 aromatic carbocycles. The van der Waals surface area contributed by atoms with Crippen molar-refractivity contribution >= 4 is 50.2 Å². The zero-order valence-electron chi connectivity index (χ0n) is 15.2. The molecule has 0 atom stereocenters. The lowest BCUT2D eigenvalue weighted by Crippen LogP contribution is -2.00. The number of nitrogens with one attached hydrogen (secondary N) is 2. The average Bonchev–Trinajstić information content (AvgIpc) is 3.07. The Morgan fingerprint density at radius 2 is 2.11 bits per heavy atom. The third-order valence-electron chi connectivity index (χ3n) is 4.04. The number of fused-ring (bicyclic) bond motifs is 3. The van der Waals surface area contributed by atoms with Crippen molar-refractivity contribution < 1.29 is 9.47 Å². The molecular weight excluding hydrogens is 424 g/mol. The van der Waals surface area contributed by atoms with Gasteiger partial charge in [0.1, 0.15) is 5.52 Å². The molecule has 0 amide bonds. The highest BCUT2D eigenvalue weighted by Gasteiger charge is 2.11. The van der Waals surface area contributed by atoms with Gasteiger partial charge in [-0.2, -0.15) is 10.1 Å². The van der Waals surface area contributed by atoms with Gasteiger partial charge < -0.3 is 14.5 Å². The Hall–Kier alpha value is -3.20. The number of rotatable bonds is 6. The standard InChI is InChI=1S/C19H17BrN6O2/c1-3-28-17-13(20)8-11(9-15(17)27-2)10-21-25-19-23-18-16(24-26-19)12-6-4-5-7-14(12)22-18/h4-10H,3H2,1-2H3,(H2,22,23,25,26)/b21-10+. The molecule has 2 heterocycles. The maximum Gasteiger partial charge on any atom is 0.265 e. The molecule has 0 aliphatic carbocycles. The minimum Gasteiger partial charge on any atom is -0.493 e. The van der Waals surface area contributed by atoms with Gasteiger partial charge in [0.2, 0.25) is 0 Å². The average molecular weight is 441 g/mol. The van der Waals surface area contributed by atoms with Gasteiger partial charge in [0.25, 0.3) is 5.95 Å². The first-order valence-corrected chi connectivity index (χ1v) is 9.39. The highest BCUT2D eigenvalue weighted by Crippen LogP contribution is 2.36. The topological polar surface area (TPSA) is 97.3 Å². The first-order chi connectivity index (χ1) is 13.7. The van der Waals surface area contributed by atoms with Crippen molar-refractivity contribution in [1.82, 2.24) is 20.2 Å². The van der Waals surface area contributed by atoms with Crippen LogP contribution < -0.4 is 14.9 Å². The Kier molecular flexibility index (Phi) is 5.07. The zero-order valence-corrected chi connectivity index (χ0v) is 16.8. The van der Waals surface area contributed by atoms with Crippen LogP contribution >= 0.6 is 15.9 Å². The van der Waals surface area contributed by atoms with Crippen molar-refractivity contribution in [3.05, 3.63) is 46.4 Å². The third kappa shape index (κ3) is 3.48. The van der Waals surface area contributed by atoms with E-state index in [1.807, 2.05) is 43.3 Å². The number of benzene rings is 2. The number of H-pyrrole nitrogens is 1. The second kappa shape index (κ2) is 7.81. The maximum atomic E-state index is 5.59. The fourth-order valence-electron chi connectivity index (χ4n) is 2.83. The van der Waals surface area contributed by atoms with Crippen LogP contribution in [0, 0.1) is 0 Å². The van der Waals surface area contributed by atoms with E-state index in [-0.39, 0.29) is 0 Å². The molecule has 0 aliphatic heterocycles. The van der Waals surface area contributed by atoms with E-state index < -0.39 is 0 Å². The lowest BCUT2D eigenvalue weighted by Gasteiger charge is -2.11. The van der Waals surface area contributed by atoms with Gasteiger partial charge in [-0.05, 0) is 46.6 Å². The van der Waals surface area contributed by atoms with Crippen LogP contribution in [0.1, 0.15) is 12.5 Å². The summed E-state index contributed by atoms with van der Waals surface area (Å²) in [5, 5.41) is 13.5. The van der Waals surface area contributed by atoms with Crippen molar-refractivity contribution in [3.8, 4) is 11.5 Å². The van der Waals surface area contributed by atoms with Crippen molar-refractivity contribution in [3.63, 3.8) is 0 Å². The molecule has 8 nitrogen and oxygen atoms in total. The van der Waals surface area contributed by atoms with Crippen LogP contribution in [0.4, 0.5) is 5.95 Å². The van der Waals surface area contributed by atoms with E-state index >= 15 is 0 Å². The van der Waals surface area contributed by atoms with Crippen molar-refractivity contribution in [2.75, 3.05) is 19.1 Å². The van der Waals surface area contributed by atoms with E-state index in [1.165, 1.54) is 0 Å². The van der Waals surface area contributed by atoms with E-state index in [2.05, 4.69) is 46.6 Å². The molecule has 28 heavy (non-hydrogen) atoms. The summed E-state index contributed by atoms with van der Waals surface area (Å²) in [6, 6.07) is 11.6. The number of halogens is 1. The van der Waals surface area contributed by atoms with Crippen molar-refractivity contribution in [2.45, 2.75) is 6.92 Å². The molecule has 142 valence electrons. The summed E-state index contributed by atoms with van der Waals surface area (Å²) in [4.78, 5) is 7.65. The van der Waals surface area contributed by atoms with Gasteiger partial charge in [-0.25, -0.2) is 5.43 Å². The number of hydrogen-bond acceptors (Lipinski definition) is 7. The van der Waals surface area contributed by atoms with E-state index in [0.717, 1.165) is 26.5 Å². The summed E-state index contributed by atoms with van der Waals surface area (Å²) in [6.07, 6.45) is 1.64. The largest absolute Gasteiger partial charge is 0.493 e. The van der Waals surface area contributed by atoms with E-state index in [1.54, 1.807) is 13.3 Å². The fourth-order valence-corrected chi connectivity index (χ4v) is 3.41. The van der Waals surface area contributed by atoms with Crippen LogP contribution in [0.2, 0.25) is 0 Å². The van der Waals surface area contributed by atoms with Crippen molar-refractivity contribution in [1.29, 1.82) is 0 Å². The SMILES string of the molecule is CCOc1c(Br)cc(/C=N/Nc2nnc3c(n2)[nH]c2ccccc23)cc1OC. The summed E-state index contributed by atoms with van der Waals surface area (Å²) in [5.41, 5.74) is 5.97. The number of anilines is 1. The van der Waals surface area contributed by atoms with Gasteiger partial charge in [-0.1, -0.05) is 18.2 Å². The molecule has 0 saturated heterocycles. The Balaban J connectivity index is 1.56. The number of nitrogens with zero attached hydrogens (tertiary/aromatic N) is 4. The summed E-state index contributed by atoms with van der Waals surface area (Å²) in [7, 11) is 1.60. The molecule has 0 bridgehead atoms. The maximum absolute atomic E-state index is 5.59. The Morgan fingerprint density at radius 3 is 2.93 bits per heavy atom. The molecule has 2 aromatic heterocycles. The lowest BCUT2D eigenvalue weighted by molar-refractivity contribution is 0.309. The normalized spacial score (nSPS) is 11.4. The third-order valence-corrected chi connectivity index (χ3v) is 4.63. The smallest absolute Gasteiger partial charge is 0.265 e. The predicted octanol–water partition coefficient (Wildman–Crippen LogP) is 4.12. The van der Waals surface area contributed by atoms with Gasteiger partial charge in [0, 0.05) is 10.9 Å². The molecule has 2 N–H and O–H groups in total. The van der Waals surface area contributed by atoms with E-state index in [9.17, 15) is 0 Å². The number of hydrazone groups is 1. The molecule has 0 unspecified atom stereocenters. The summed E-state index contributed by atoms with van der Waals surface area (Å²) in [5.74, 6) is 1.58. The van der Waals surface area contributed by atoms with Crippen molar-refractivity contribution in [2.24, 2.45) is 5.10 Å². The second-order valence-electron chi connectivity index (χ2n) is 5.84. The first-order valence-electron chi connectivity index (χ1n) is 8.60. The summed E-state index contributed by atoms with van der Waals surface area (Å²) in [6.45, 7) is 2.47. The van der Waals surface area contributed by atoms with E-state index in [0.29, 0.717) is 29.7 Å². The summed E-state index contributed by atoms with van der Waals surface area (Å²) < 4.78 is 11.8. The molecule has 0 spiro atoms. The number of methoxy groups -OCH3 is 1. The number of ether oxygens (including phenoxy) is 2. The van der Waals surface area contributed by atoms with Gasteiger partial charge in [-0.15, -0.1) is 10.2 Å². The predicted molar refractivity (Wildman–Crippen MR) is 112 cm³/mol. The Labute approximate surface area is 169 Å². The number of aromatic nitrogens is 4. The molecular formula is C19H17BrN6O2. The molecule has 9 heteroatoms. The van der Waals surface area contributed by atoms with Crippen LogP contribution in [0.5, 0.6) is 11.5 Å². The second-order valence-corrected chi connectivity index (χ2v) is 6.69. The van der Waals surface area contributed by atoms with Crippen LogP contribution in [-0.4, -0.2) is 40.1 Å². The van der Waals surface area contributed by atoms with Crippen LogP contribution in [0.25, 0.3) is 22.1 Å². The first kappa shape index (κ1) is 18.2. The van der Waals surface area contributed by atoms with Gasteiger partial charge >= 0.3 is 0 Å². The molecule has 4 rings (SSSR count). The lowest BCUT2D eigenvalue weighted by atomic mass is 10.2. The van der Waals surface area contributed by atoms with Gasteiger partial charge in [-0.3, -0.25) is 0 Å². The van der Waals surface area contributed by atoms with Crippen LogP contribution in [0.3, 0.4) is 0 Å². The molecule has 0 saturated carbocycles. The minimum absolute atomic E-state index is 0.298. The molecule has 0 fully saturated rings. The zero-order chi connectivity index (χ0) is 19.5. The number of aromatic amines is 1. The quantitative estimate of drug-likeness (QED) is 0.345. The monoisotopic (exact) mass is 440 g/mol. The highest BCUT2D eigenvalue weighted by atomic mass is 79.9. The number of para-hydroxylation sites is 1. The van der Waals surface area contributed by atoms with Gasteiger partial charge in [0.15, 0.2) is 17.1 Å². The highest BCUT2D eigenvalue weighted by molar-refractivity contribution is 9.10. The minimum atomic E-state index is 0.298. The Bertz CT molecular complexity index is 1170. The van der Waals surface area contributed by atoms with Crippen LogP contribution in [0.15, 0.2) is 46.0 Å². The summed E-state index contributed by atoms with van der Waals surface area (Å²) >= 11 is 3.49. The fraction of sp³-hybridized carbons (Fsp3) is 0.158. The molecule has 0 radical (unpaired) electrons. The van der Waals surface area contributed by atoms with Gasteiger partial charge in [0.05, 0.1) is 24.4 Å². The van der Waals surface area contributed by atoms with Crippen LogP contribution in [-0.2, 0) is 0 Å². The van der Waals surface area contributed by atoms with E-state index in [4.69, 9.17) is 9.47 Å². The molecule has 0 aliphatic rings. The Morgan fingerprint density at radius 1 is 1.25 bits per heavy atom.